The number of rotatable bonds is 13. The number of carbonyl (C=O) groups is 2. The van der Waals surface area contributed by atoms with Gasteiger partial charge in [0.05, 0.1) is 0 Å². The minimum absolute atomic E-state index is 0.189. The number of hydrogen-bond donors (Lipinski definition) is 2. The average molecular weight is 318 g/mol. The van der Waals surface area contributed by atoms with Crippen molar-refractivity contribution in [2.24, 2.45) is 11.5 Å². The molecule has 23 heavy (non-hydrogen) atoms. The molecule has 0 bridgehead atoms. The Morgan fingerprint density at radius 3 is 1.91 bits per heavy atom. The number of nitrogens with two attached hydrogens (primary N) is 2. The Hall–Kier alpha value is -1.84. The fourth-order valence-corrected chi connectivity index (χ4v) is 2.75. The Morgan fingerprint density at radius 1 is 0.783 bits per heavy atom. The molecule has 0 spiro atoms. The summed E-state index contributed by atoms with van der Waals surface area (Å²) in [6.45, 7) is 0. The first kappa shape index (κ1) is 19.2. The maximum atomic E-state index is 11.1. The molecule has 0 unspecified atom stereocenters. The van der Waals surface area contributed by atoms with E-state index < -0.39 is 0 Å². The van der Waals surface area contributed by atoms with Gasteiger partial charge in [-0.25, -0.2) is 0 Å². The van der Waals surface area contributed by atoms with Crippen LogP contribution in [0.15, 0.2) is 24.3 Å². The van der Waals surface area contributed by atoms with Gasteiger partial charge in [0.1, 0.15) is 0 Å². The van der Waals surface area contributed by atoms with Gasteiger partial charge in [0, 0.05) is 12.0 Å². The number of carbonyl (C=O) groups excluding carboxylic acids is 2. The second-order valence-electron chi connectivity index (χ2n) is 6.21. The molecule has 0 aliphatic carbocycles. The van der Waals surface area contributed by atoms with Gasteiger partial charge in [-0.05, 0) is 37.0 Å². The zero-order chi connectivity index (χ0) is 16.9. The third-order valence-electron chi connectivity index (χ3n) is 4.10. The van der Waals surface area contributed by atoms with Crippen LogP contribution in [0.25, 0.3) is 0 Å². The van der Waals surface area contributed by atoms with Crippen molar-refractivity contribution in [3.8, 4) is 0 Å². The molecule has 0 atom stereocenters. The van der Waals surface area contributed by atoms with E-state index in [4.69, 9.17) is 11.5 Å². The minimum Gasteiger partial charge on any atom is -0.370 e. The van der Waals surface area contributed by atoms with Crippen LogP contribution in [-0.4, -0.2) is 11.8 Å². The molecule has 0 aliphatic rings. The van der Waals surface area contributed by atoms with E-state index >= 15 is 0 Å². The fourth-order valence-electron chi connectivity index (χ4n) is 2.75. The van der Waals surface area contributed by atoms with E-state index in [-0.39, 0.29) is 11.8 Å². The van der Waals surface area contributed by atoms with Crippen molar-refractivity contribution in [1.29, 1.82) is 0 Å². The number of primary amides is 2. The van der Waals surface area contributed by atoms with Gasteiger partial charge in [-0.2, -0.15) is 0 Å². The highest BCUT2D eigenvalue weighted by Crippen LogP contribution is 2.13. The molecule has 0 fully saturated rings. The molecule has 1 aromatic rings. The average Bonchev–Trinajstić information content (AvgIpc) is 2.52. The van der Waals surface area contributed by atoms with Crippen LogP contribution in [0.4, 0.5) is 0 Å². The number of hydrogen-bond acceptors (Lipinski definition) is 2. The van der Waals surface area contributed by atoms with Crippen LogP contribution in [0.5, 0.6) is 0 Å². The van der Waals surface area contributed by atoms with E-state index in [0.29, 0.717) is 12.0 Å². The summed E-state index contributed by atoms with van der Waals surface area (Å²) >= 11 is 0. The zero-order valence-corrected chi connectivity index (χ0v) is 14.1. The van der Waals surface area contributed by atoms with Crippen LogP contribution < -0.4 is 11.5 Å². The molecule has 0 radical (unpaired) electrons. The molecular weight excluding hydrogens is 288 g/mol. The molecule has 1 rings (SSSR count). The van der Waals surface area contributed by atoms with E-state index in [1.165, 1.54) is 44.1 Å². The molecule has 0 saturated heterocycles. The Kier molecular flexibility index (Phi) is 9.76. The van der Waals surface area contributed by atoms with Gasteiger partial charge < -0.3 is 11.5 Å². The predicted octanol–water partition coefficient (Wildman–Crippen LogP) is 3.71. The van der Waals surface area contributed by atoms with Crippen molar-refractivity contribution in [3.63, 3.8) is 0 Å². The van der Waals surface area contributed by atoms with Crippen LogP contribution in [0.1, 0.15) is 80.1 Å². The summed E-state index contributed by atoms with van der Waals surface area (Å²) in [5.74, 6) is -0.547. The SMILES string of the molecule is NC(=O)CCCCCCCCCCCc1cccc(C(N)=O)c1. The van der Waals surface area contributed by atoms with E-state index in [1.54, 1.807) is 6.07 Å². The largest absolute Gasteiger partial charge is 0.370 e. The summed E-state index contributed by atoms with van der Waals surface area (Å²) in [6.07, 6.45) is 12.2. The normalized spacial score (nSPS) is 10.6. The second kappa shape index (κ2) is 11.7. The Balaban J connectivity index is 1.96. The van der Waals surface area contributed by atoms with Crippen molar-refractivity contribution in [3.05, 3.63) is 35.4 Å². The first-order valence-corrected chi connectivity index (χ1v) is 8.76. The topological polar surface area (TPSA) is 86.2 Å². The lowest BCUT2D eigenvalue weighted by Crippen LogP contribution is -2.10. The third kappa shape index (κ3) is 9.72. The molecule has 0 aliphatic heterocycles. The van der Waals surface area contributed by atoms with E-state index in [2.05, 4.69) is 6.07 Å². The molecule has 2 amide bonds. The van der Waals surface area contributed by atoms with Gasteiger partial charge in [-0.15, -0.1) is 0 Å². The molecule has 128 valence electrons. The van der Waals surface area contributed by atoms with Crippen LogP contribution in [0, 0.1) is 0 Å². The Morgan fingerprint density at radius 2 is 1.35 bits per heavy atom. The minimum atomic E-state index is -0.359. The molecule has 4 N–H and O–H groups in total. The number of aryl methyl sites for hydroxylation is 1. The number of unbranched alkanes of at least 4 members (excludes halogenated alkanes) is 8. The van der Waals surface area contributed by atoms with Gasteiger partial charge in [0.25, 0.3) is 0 Å². The third-order valence-corrected chi connectivity index (χ3v) is 4.10. The maximum absolute atomic E-state index is 11.1. The molecule has 4 heteroatoms. The van der Waals surface area contributed by atoms with Crippen LogP contribution in [0.3, 0.4) is 0 Å². The van der Waals surface area contributed by atoms with Crippen LogP contribution in [-0.2, 0) is 11.2 Å². The molecular formula is C19H30N2O2. The summed E-state index contributed by atoms with van der Waals surface area (Å²) in [5, 5.41) is 0. The van der Waals surface area contributed by atoms with E-state index in [0.717, 1.165) is 25.7 Å². The van der Waals surface area contributed by atoms with Gasteiger partial charge >= 0.3 is 0 Å². The monoisotopic (exact) mass is 318 g/mol. The summed E-state index contributed by atoms with van der Waals surface area (Å²) < 4.78 is 0. The van der Waals surface area contributed by atoms with Crippen molar-refractivity contribution >= 4 is 11.8 Å². The lowest BCUT2D eigenvalue weighted by molar-refractivity contribution is -0.118. The first-order chi connectivity index (χ1) is 11.1. The summed E-state index contributed by atoms with van der Waals surface area (Å²) in [4.78, 5) is 21.7. The maximum Gasteiger partial charge on any atom is 0.248 e. The van der Waals surface area contributed by atoms with Gasteiger partial charge in [0.15, 0.2) is 0 Å². The zero-order valence-electron chi connectivity index (χ0n) is 14.1. The number of amides is 2. The highest BCUT2D eigenvalue weighted by Gasteiger charge is 2.01. The smallest absolute Gasteiger partial charge is 0.248 e. The molecule has 0 aromatic heterocycles. The Bertz CT molecular complexity index is 486. The number of benzene rings is 1. The molecule has 0 heterocycles. The Labute approximate surface area is 139 Å². The first-order valence-electron chi connectivity index (χ1n) is 8.76. The van der Waals surface area contributed by atoms with Crippen molar-refractivity contribution in [1.82, 2.24) is 0 Å². The second-order valence-corrected chi connectivity index (χ2v) is 6.21. The van der Waals surface area contributed by atoms with Crippen molar-refractivity contribution < 1.29 is 9.59 Å². The quantitative estimate of drug-likeness (QED) is 0.543. The highest BCUT2D eigenvalue weighted by atomic mass is 16.1. The van der Waals surface area contributed by atoms with Gasteiger partial charge in [-0.1, -0.05) is 57.1 Å². The van der Waals surface area contributed by atoms with Gasteiger partial charge in [0.2, 0.25) is 11.8 Å². The lowest BCUT2D eigenvalue weighted by Gasteiger charge is -2.04. The fraction of sp³-hybridized carbons (Fsp3) is 0.579. The summed E-state index contributed by atoms with van der Waals surface area (Å²) in [7, 11) is 0. The summed E-state index contributed by atoms with van der Waals surface area (Å²) in [5.41, 5.74) is 12.2. The van der Waals surface area contributed by atoms with Crippen molar-refractivity contribution in [2.75, 3.05) is 0 Å². The molecule has 4 nitrogen and oxygen atoms in total. The van der Waals surface area contributed by atoms with Gasteiger partial charge in [-0.3, -0.25) is 9.59 Å². The van der Waals surface area contributed by atoms with Crippen LogP contribution >= 0.6 is 0 Å². The van der Waals surface area contributed by atoms with E-state index in [9.17, 15) is 9.59 Å². The summed E-state index contributed by atoms with van der Waals surface area (Å²) in [6, 6.07) is 7.61. The predicted molar refractivity (Wildman–Crippen MR) is 94.0 cm³/mol. The van der Waals surface area contributed by atoms with Crippen molar-refractivity contribution in [2.45, 2.75) is 70.6 Å². The highest BCUT2D eigenvalue weighted by molar-refractivity contribution is 5.92. The lowest BCUT2D eigenvalue weighted by atomic mass is 10.0. The van der Waals surface area contributed by atoms with Crippen LogP contribution in [0.2, 0.25) is 0 Å². The standard InChI is InChI=1S/C19H30N2O2/c20-18(22)14-9-7-5-3-1-2-4-6-8-11-16-12-10-13-17(15-16)19(21)23/h10,12-13,15H,1-9,11,14H2,(H2,20,22)(H2,21,23). The molecule has 0 saturated carbocycles. The van der Waals surface area contributed by atoms with E-state index in [1.807, 2.05) is 12.1 Å². The molecule has 1 aromatic carbocycles.